The van der Waals surface area contributed by atoms with E-state index in [1.165, 1.54) is 0 Å². The number of aromatic nitrogens is 2. The van der Waals surface area contributed by atoms with Crippen LogP contribution in [0.5, 0.6) is 0 Å². The number of primary amides is 1. The molecule has 0 saturated heterocycles. The van der Waals surface area contributed by atoms with Gasteiger partial charge in [-0.15, -0.1) is 0 Å². The highest BCUT2D eigenvalue weighted by Gasteiger charge is 2.25. The van der Waals surface area contributed by atoms with E-state index in [0.29, 0.717) is 5.89 Å². The molecule has 2 rings (SSSR count). The van der Waals surface area contributed by atoms with Crippen molar-refractivity contribution < 1.29 is 9.32 Å². The van der Waals surface area contributed by atoms with Gasteiger partial charge in [0.15, 0.2) is 0 Å². The van der Waals surface area contributed by atoms with Crippen molar-refractivity contribution in [2.75, 3.05) is 0 Å². The summed E-state index contributed by atoms with van der Waals surface area (Å²) in [7, 11) is 0. The molecule has 0 aromatic carbocycles. The summed E-state index contributed by atoms with van der Waals surface area (Å²) in [5.41, 5.74) is 10.8. The van der Waals surface area contributed by atoms with Gasteiger partial charge in [-0.25, -0.2) is 0 Å². The Bertz CT molecular complexity index is 355. The lowest BCUT2D eigenvalue weighted by atomic mass is 9.86. The van der Waals surface area contributed by atoms with Crippen LogP contribution in [0, 0.1) is 0 Å². The van der Waals surface area contributed by atoms with Crippen LogP contribution in [0.15, 0.2) is 4.52 Å². The van der Waals surface area contributed by atoms with E-state index in [4.69, 9.17) is 16.0 Å². The van der Waals surface area contributed by atoms with Crippen molar-refractivity contribution in [1.82, 2.24) is 10.1 Å². The molecule has 82 valence electrons. The molecule has 1 saturated carbocycles. The van der Waals surface area contributed by atoms with Crippen LogP contribution in [0.4, 0.5) is 0 Å². The van der Waals surface area contributed by atoms with E-state index in [0.717, 1.165) is 25.7 Å². The Morgan fingerprint density at radius 2 is 2.00 bits per heavy atom. The predicted molar refractivity (Wildman–Crippen MR) is 52.0 cm³/mol. The van der Waals surface area contributed by atoms with Gasteiger partial charge in [0.05, 0.1) is 0 Å². The summed E-state index contributed by atoms with van der Waals surface area (Å²) >= 11 is 0. The fourth-order valence-electron chi connectivity index (χ4n) is 1.87. The number of amides is 1. The van der Waals surface area contributed by atoms with E-state index in [9.17, 15) is 4.79 Å². The summed E-state index contributed by atoms with van der Waals surface area (Å²) in [6.45, 7) is 0. The van der Waals surface area contributed by atoms with E-state index >= 15 is 0 Å². The van der Waals surface area contributed by atoms with Crippen LogP contribution >= 0.6 is 0 Å². The Labute approximate surface area is 87.0 Å². The van der Waals surface area contributed by atoms with Gasteiger partial charge in [-0.05, 0) is 25.7 Å². The van der Waals surface area contributed by atoms with Gasteiger partial charge in [0.2, 0.25) is 5.89 Å². The highest BCUT2D eigenvalue weighted by atomic mass is 16.5. The van der Waals surface area contributed by atoms with E-state index in [2.05, 4.69) is 10.1 Å². The zero-order valence-electron chi connectivity index (χ0n) is 8.35. The molecule has 1 amide bonds. The molecule has 1 aliphatic rings. The average Bonchev–Trinajstić information content (AvgIpc) is 2.68. The molecule has 0 atom stereocenters. The Hall–Kier alpha value is -1.43. The van der Waals surface area contributed by atoms with Crippen molar-refractivity contribution >= 4 is 5.91 Å². The minimum atomic E-state index is -0.655. The minimum absolute atomic E-state index is 0.0418. The van der Waals surface area contributed by atoms with Crippen molar-refractivity contribution in [3.63, 3.8) is 0 Å². The largest absolute Gasteiger partial charge is 0.363 e. The molecule has 1 aromatic heterocycles. The number of rotatable bonds is 2. The molecule has 4 N–H and O–H groups in total. The lowest BCUT2D eigenvalue weighted by molar-refractivity contribution is 0.0987. The van der Waals surface area contributed by atoms with Crippen LogP contribution in [-0.4, -0.2) is 22.1 Å². The summed E-state index contributed by atoms with van der Waals surface area (Å²) in [6.07, 6.45) is 3.78. The molecular weight excluding hydrogens is 196 g/mol. The minimum Gasteiger partial charge on any atom is -0.363 e. The molecule has 6 nitrogen and oxygen atoms in total. The fourth-order valence-corrected chi connectivity index (χ4v) is 1.87. The summed E-state index contributed by atoms with van der Waals surface area (Å²) in [5, 5.41) is 3.52. The van der Waals surface area contributed by atoms with E-state index < -0.39 is 5.91 Å². The van der Waals surface area contributed by atoms with Gasteiger partial charge in [-0.1, -0.05) is 5.16 Å². The smallest absolute Gasteiger partial charge is 0.290 e. The molecule has 1 aromatic rings. The molecule has 0 unspecified atom stereocenters. The van der Waals surface area contributed by atoms with Gasteiger partial charge in [-0.3, -0.25) is 4.79 Å². The van der Waals surface area contributed by atoms with Crippen LogP contribution in [0.2, 0.25) is 0 Å². The summed E-state index contributed by atoms with van der Waals surface area (Å²) < 4.78 is 5.00. The zero-order chi connectivity index (χ0) is 10.8. The lowest BCUT2D eigenvalue weighted by Crippen LogP contribution is -2.25. The van der Waals surface area contributed by atoms with Gasteiger partial charge in [0.25, 0.3) is 11.7 Å². The van der Waals surface area contributed by atoms with Gasteiger partial charge < -0.3 is 16.0 Å². The quantitative estimate of drug-likeness (QED) is 0.722. The Morgan fingerprint density at radius 1 is 1.33 bits per heavy atom. The third-order valence-electron chi connectivity index (χ3n) is 2.78. The number of nitrogens with two attached hydrogens (primary N) is 2. The number of nitrogens with zero attached hydrogens (tertiary/aromatic N) is 2. The van der Waals surface area contributed by atoms with Crippen LogP contribution in [0.3, 0.4) is 0 Å². The summed E-state index contributed by atoms with van der Waals surface area (Å²) in [5.74, 6) is 0.0403. The maximum Gasteiger partial charge on any atom is 0.290 e. The molecule has 1 heterocycles. The zero-order valence-corrected chi connectivity index (χ0v) is 8.35. The van der Waals surface area contributed by atoms with Crippen molar-refractivity contribution in [2.24, 2.45) is 11.5 Å². The molecule has 6 heteroatoms. The van der Waals surface area contributed by atoms with Crippen LogP contribution in [0.1, 0.15) is 48.1 Å². The molecule has 1 fully saturated rings. The third-order valence-corrected chi connectivity index (χ3v) is 2.78. The van der Waals surface area contributed by atoms with E-state index in [-0.39, 0.29) is 17.8 Å². The summed E-state index contributed by atoms with van der Waals surface area (Å²) in [4.78, 5) is 14.7. The van der Waals surface area contributed by atoms with E-state index in [1.807, 2.05) is 0 Å². The molecule has 0 radical (unpaired) electrons. The number of hydrogen-bond donors (Lipinski definition) is 2. The van der Waals surface area contributed by atoms with Crippen molar-refractivity contribution in [3.8, 4) is 0 Å². The molecule has 15 heavy (non-hydrogen) atoms. The molecule has 0 aliphatic heterocycles. The van der Waals surface area contributed by atoms with Crippen molar-refractivity contribution in [2.45, 2.75) is 37.6 Å². The normalized spacial score (nSPS) is 26.5. The SMILES string of the molecule is NC(=O)c1noc(C2CCC(N)CC2)n1. The second-order valence-corrected chi connectivity index (χ2v) is 3.93. The Morgan fingerprint density at radius 3 is 2.53 bits per heavy atom. The van der Waals surface area contributed by atoms with Gasteiger partial charge in [0, 0.05) is 12.0 Å². The van der Waals surface area contributed by atoms with Crippen LogP contribution < -0.4 is 11.5 Å². The first-order valence-corrected chi connectivity index (χ1v) is 5.06. The first-order valence-electron chi connectivity index (χ1n) is 5.06. The van der Waals surface area contributed by atoms with Gasteiger partial charge in [0.1, 0.15) is 0 Å². The second-order valence-electron chi connectivity index (χ2n) is 3.93. The molecule has 1 aliphatic carbocycles. The highest BCUT2D eigenvalue weighted by Crippen LogP contribution is 2.30. The van der Waals surface area contributed by atoms with Crippen LogP contribution in [-0.2, 0) is 0 Å². The summed E-state index contributed by atoms with van der Waals surface area (Å²) in [6, 6.07) is 0.278. The molecule has 0 spiro atoms. The lowest BCUT2D eigenvalue weighted by Gasteiger charge is -2.22. The standard InChI is InChI=1S/C9H14N4O2/c10-6-3-1-5(2-4-6)9-12-8(7(11)14)13-15-9/h5-6H,1-4,10H2,(H2,11,14). The van der Waals surface area contributed by atoms with Crippen LogP contribution in [0.25, 0.3) is 0 Å². The van der Waals surface area contributed by atoms with Gasteiger partial charge >= 0.3 is 0 Å². The van der Waals surface area contributed by atoms with E-state index in [1.54, 1.807) is 0 Å². The average molecular weight is 210 g/mol. The fraction of sp³-hybridized carbons (Fsp3) is 0.667. The number of hydrogen-bond acceptors (Lipinski definition) is 5. The first kappa shape index (κ1) is 10.1. The Kier molecular flexibility index (Phi) is 2.68. The number of carbonyl (C=O) groups excluding carboxylic acids is 1. The second kappa shape index (κ2) is 3.98. The van der Waals surface area contributed by atoms with Crippen molar-refractivity contribution in [3.05, 3.63) is 11.7 Å². The Balaban J connectivity index is 2.06. The maximum atomic E-state index is 10.8. The predicted octanol–water partition coefficient (Wildman–Crippen LogP) is 0.153. The highest BCUT2D eigenvalue weighted by molar-refractivity contribution is 5.88. The van der Waals surface area contributed by atoms with Crippen molar-refractivity contribution in [1.29, 1.82) is 0 Å². The maximum absolute atomic E-state index is 10.8. The topological polar surface area (TPSA) is 108 Å². The molecule has 0 bridgehead atoms. The number of carbonyl (C=O) groups is 1. The monoisotopic (exact) mass is 210 g/mol. The van der Waals surface area contributed by atoms with Gasteiger partial charge in [-0.2, -0.15) is 4.98 Å². The first-order chi connectivity index (χ1) is 7.16. The molecular formula is C9H14N4O2. The third kappa shape index (κ3) is 2.15.